The number of aromatic amines is 1. The Hall–Kier alpha value is -4.79. The second-order valence-electron chi connectivity index (χ2n) is 11.7. The van der Waals surface area contributed by atoms with Crippen LogP contribution in [0.2, 0.25) is 0 Å². The molecule has 0 bridgehead atoms. The summed E-state index contributed by atoms with van der Waals surface area (Å²) in [6, 6.07) is 12.8. The summed E-state index contributed by atoms with van der Waals surface area (Å²) in [5.41, 5.74) is 4.77. The monoisotopic (exact) mass is 595 g/mol. The number of amides is 2. The van der Waals surface area contributed by atoms with Gasteiger partial charge >= 0.3 is 5.97 Å². The van der Waals surface area contributed by atoms with E-state index >= 15 is 0 Å². The Kier molecular flexibility index (Phi) is 8.28. The molecule has 0 unspecified atom stereocenters. The van der Waals surface area contributed by atoms with Gasteiger partial charge in [0.1, 0.15) is 11.3 Å². The lowest BCUT2D eigenvalue weighted by molar-refractivity contribution is -0.131. The van der Waals surface area contributed by atoms with E-state index in [0.29, 0.717) is 47.9 Å². The molecule has 0 spiro atoms. The largest absolute Gasteiger partial charge is 0.493 e. The van der Waals surface area contributed by atoms with Crippen molar-refractivity contribution in [1.29, 1.82) is 0 Å². The van der Waals surface area contributed by atoms with Crippen LogP contribution in [0.3, 0.4) is 0 Å². The van der Waals surface area contributed by atoms with Crippen LogP contribution in [0.4, 0.5) is 5.69 Å². The number of aromatic nitrogens is 1. The quantitative estimate of drug-likeness (QED) is 0.143. The number of benzene rings is 2. The van der Waals surface area contributed by atoms with Crippen LogP contribution >= 0.6 is 0 Å². The number of carboxylic acids is 1. The first-order valence-corrected chi connectivity index (χ1v) is 15.4. The number of nitrogens with one attached hydrogen (secondary N) is 3. The molecule has 4 N–H and O–H groups in total. The van der Waals surface area contributed by atoms with Crippen molar-refractivity contribution in [2.45, 2.75) is 69.7 Å². The number of carbonyl (C=O) groups excluding carboxylic acids is 2. The zero-order valence-corrected chi connectivity index (χ0v) is 24.8. The molecule has 9 nitrogen and oxygen atoms in total. The highest BCUT2D eigenvalue weighted by molar-refractivity contribution is 6.06. The number of fused-ring (bicyclic) bond motifs is 1. The van der Waals surface area contributed by atoms with Crippen LogP contribution in [-0.2, 0) is 9.59 Å². The summed E-state index contributed by atoms with van der Waals surface area (Å²) in [5, 5.41) is 16.1. The van der Waals surface area contributed by atoms with Gasteiger partial charge in [-0.15, -0.1) is 0 Å². The zero-order chi connectivity index (χ0) is 30.7. The summed E-state index contributed by atoms with van der Waals surface area (Å²) >= 11 is 0. The molecule has 2 aliphatic rings. The van der Waals surface area contributed by atoms with Crippen molar-refractivity contribution in [1.82, 2.24) is 10.3 Å². The lowest BCUT2D eigenvalue weighted by Crippen LogP contribution is -2.61. The van der Waals surface area contributed by atoms with Gasteiger partial charge in [-0.05, 0) is 86.9 Å². The van der Waals surface area contributed by atoms with Crippen molar-refractivity contribution >= 4 is 40.4 Å². The molecule has 2 aromatic carbocycles. The van der Waals surface area contributed by atoms with Crippen LogP contribution in [0.15, 0.2) is 65.5 Å². The Labute approximate surface area is 255 Å². The van der Waals surface area contributed by atoms with Gasteiger partial charge in [0.05, 0.1) is 24.8 Å². The van der Waals surface area contributed by atoms with Crippen LogP contribution in [0.1, 0.15) is 85.7 Å². The number of ether oxygens (including phenoxy) is 1. The minimum Gasteiger partial charge on any atom is -0.493 e. The van der Waals surface area contributed by atoms with Gasteiger partial charge in [0.15, 0.2) is 0 Å². The zero-order valence-electron chi connectivity index (χ0n) is 24.8. The highest BCUT2D eigenvalue weighted by atomic mass is 16.5. The Morgan fingerprint density at radius 3 is 2.57 bits per heavy atom. The lowest BCUT2D eigenvalue weighted by Gasteiger charge is -2.40. The number of carboxylic acid groups (broad SMARTS) is 1. The van der Waals surface area contributed by atoms with Gasteiger partial charge in [-0.1, -0.05) is 25.3 Å². The summed E-state index contributed by atoms with van der Waals surface area (Å²) in [5.74, 6) is -0.752. The fourth-order valence-electron chi connectivity index (χ4n) is 6.48. The second-order valence-corrected chi connectivity index (χ2v) is 11.7. The SMILES string of the molecule is CCOc1cc(NC(=O)C2(NC(=O)c3ccc4c(C5CCCCC5)c(-c5ccoc5)[nH]c4c3)CCC2)ccc1/C=C/C(=O)O. The highest BCUT2D eigenvalue weighted by Gasteiger charge is 2.45. The van der Waals surface area contributed by atoms with Gasteiger partial charge in [-0.2, -0.15) is 0 Å². The van der Waals surface area contributed by atoms with Crippen molar-refractivity contribution in [2.24, 2.45) is 0 Å². The summed E-state index contributed by atoms with van der Waals surface area (Å²) in [4.78, 5) is 41.7. The van der Waals surface area contributed by atoms with E-state index in [4.69, 9.17) is 14.3 Å². The van der Waals surface area contributed by atoms with Crippen molar-refractivity contribution < 1.29 is 28.6 Å². The highest BCUT2D eigenvalue weighted by Crippen LogP contribution is 2.43. The average Bonchev–Trinajstić information content (AvgIpc) is 3.67. The van der Waals surface area contributed by atoms with E-state index in [1.165, 1.54) is 30.9 Å². The van der Waals surface area contributed by atoms with Gasteiger partial charge in [-0.25, -0.2) is 4.79 Å². The number of carbonyl (C=O) groups is 3. The van der Waals surface area contributed by atoms with E-state index in [2.05, 4.69) is 15.6 Å². The Morgan fingerprint density at radius 1 is 1.07 bits per heavy atom. The molecular formula is C35H37N3O6. The summed E-state index contributed by atoms with van der Waals surface area (Å²) < 4.78 is 11.1. The third kappa shape index (κ3) is 5.86. The van der Waals surface area contributed by atoms with Crippen molar-refractivity contribution in [3.8, 4) is 17.0 Å². The number of aliphatic carboxylic acids is 1. The number of H-pyrrole nitrogens is 1. The topological polar surface area (TPSA) is 134 Å². The molecule has 2 aromatic heterocycles. The number of furan rings is 1. The van der Waals surface area contributed by atoms with E-state index in [9.17, 15) is 14.4 Å². The number of hydrogen-bond acceptors (Lipinski definition) is 5. The fraction of sp³-hybridized carbons (Fsp3) is 0.343. The van der Waals surface area contributed by atoms with Gasteiger partial charge in [0.2, 0.25) is 5.91 Å². The smallest absolute Gasteiger partial charge is 0.328 e. The molecule has 9 heteroatoms. The maximum atomic E-state index is 13.6. The minimum atomic E-state index is -1.06. The molecule has 4 aromatic rings. The van der Waals surface area contributed by atoms with Gasteiger partial charge in [-0.3, -0.25) is 9.59 Å². The summed E-state index contributed by atoms with van der Waals surface area (Å²) in [6.45, 7) is 2.21. The third-order valence-electron chi connectivity index (χ3n) is 8.90. The molecular weight excluding hydrogens is 558 g/mol. The molecule has 2 saturated carbocycles. The van der Waals surface area contributed by atoms with E-state index < -0.39 is 11.5 Å². The molecule has 2 heterocycles. The molecule has 0 radical (unpaired) electrons. The predicted octanol–water partition coefficient (Wildman–Crippen LogP) is 7.26. The van der Waals surface area contributed by atoms with E-state index in [-0.39, 0.29) is 11.8 Å². The average molecular weight is 596 g/mol. The lowest BCUT2D eigenvalue weighted by atomic mass is 9.75. The molecule has 0 aliphatic heterocycles. The van der Waals surface area contributed by atoms with Crippen LogP contribution in [-0.4, -0.2) is 40.0 Å². The molecule has 2 aliphatic carbocycles. The Balaban J connectivity index is 1.23. The molecule has 228 valence electrons. The predicted molar refractivity (Wildman–Crippen MR) is 169 cm³/mol. The van der Waals surface area contributed by atoms with Gasteiger partial charge < -0.3 is 29.9 Å². The minimum absolute atomic E-state index is 0.295. The first-order valence-electron chi connectivity index (χ1n) is 15.4. The van der Waals surface area contributed by atoms with Crippen LogP contribution in [0.5, 0.6) is 5.75 Å². The maximum Gasteiger partial charge on any atom is 0.328 e. The van der Waals surface area contributed by atoms with E-state index in [0.717, 1.165) is 47.5 Å². The number of hydrogen-bond donors (Lipinski definition) is 4. The van der Waals surface area contributed by atoms with Gasteiger partial charge in [0, 0.05) is 45.4 Å². The van der Waals surface area contributed by atoms with Crippen LogP contribution in [0.25, 0.3) is 28.2 Å². The van der Waals surface area contributed by atoms with Crippen molar-refractivity contribution in [3.05, 3.63) is 77.8 Å². The van der Waals surface area contributed by atoms with E-state index in [1.807, 2.05) is 31.2 Å². The first-order chi connectivity index (χ1) is 21.4. The molecule has 2 amide bonds. The fourth-order valence-corrected chi connectivity index (χ4v) is 6.48. The molecule has 2 fully saturated rings. The standard InChI is InChI=1S/C35H37N3O6/c1-2-44-29-20-26(12-9-22(29)11-14-30(39)40)36-34(42)35(16-6-17-35)38-33(41)24-10-13-27-28(19-24)37-32(25-15-18-43-21-25)31(27)23-7-4-3-5-8-23/h9-15,18-21,23,37H,2-8,16-17H2,1H3,(H,36,42)(H,38,41)(H,39,40)/b14-11+. The first kappa shape index (κ1) is 29.3. The molecule has 6 rings (SSSR count). The summed E-state index contributed by atoms with van der Waals surface area (Å²) in [6.07, 6.45) is 13.8. The Bertz CT molecular complexity index is 1710. The number of anilines is 1. The van der Waals surface area contributed by atoms with Gasteiger partial charge in [0.25, 0.3) is 5.91 Å². The molecule has 0 atom stereocenters. The van der Waals surface area contributed by atoms with Crippen LogP contribution in [0, 0.1) is 0 Å². The van der Waals surface area contributed by atoms with E-state index in [1.54, 1.807) is 30.7 Å². The molecule has 44 heavy (non-hydrogen) atoms. The normalized spacial score (nSPS) is 16.5. The van der Waals surface area contributed by atoms with Crippen LogP contribution < -0.4 is 15.4 Å². The van der Waals surface area contributed by atoms with Crippen molar-refractivity contribution in [3.63, 3.8) is 0 Å². The third-order valence-corrected chi connectivity index (χ3v) is 8.90. The maximum absolute atomic E-state index is 13.6. The second kappa shape index (κ2) is 12.4. The molecule has 0 saturated heterocycles. The number of rotatable bonds is 10. The summed E-state index contributed by atoms with van der Waals surface area (Å²) in [7, 11) is 0. The van der Waals surface area contributed by atoms with Crippen molar-refractivity contribution in [2.75, 3.05) is 11.9 Å². The Morgan fingerprint density at radius 2 is 1.89 bits per heavy atom.